The maximum absolute atomic E-state index is 12.7. The number of rotatable bonds is 1. The minimum atomic E-state index is 0.139. The summed E-state index contributed by atoms with van der Waals surface area (Å²) >= 11 is 0. The lowest BCUT2D eigenvalue weighted by molar-refractivity contribution is 0.0385. The van der Waals surface area contributed by atoms with Crippen LogP contribution in [0, 0.1) is 12.8 Å². The first-order valence-electron chi connectivity index (χ1n) is 7.50. The highest BCUT2D eigenvalue weighted by Gasteiger charge is 2.36. The van der Waals surface area contributed by atoms with Crippen molar-refractivity contribution < 1.29 is 4.79 Å². The second-order valence-corrected chi connectivity index (χ2v) is 5.92. The van der Waals surface area contributed by atoms with Crippen LogP contribution in [0.4, 0.5) is 0 Å². The van der Waals surface area contributed by atoms with E-state index >= 15 is 0 Å². The van der Waals surface area contributed by atoms with Crippen molar-refractivity contribution in [3.05, 3.63) is 29.6 Å². The molecule has 2 atom stereocenters. The van der Waals surface area contributed by atoms with Crippen LogP contribution in [0.1, 0.15) is 54.7 Å². The van der Waals surface area contributed by atoms with Crippen LogP contribution in [0.3, 0.4) is 0 Å². The van der Waals surface area contributed by atoms with Gasteiger partial charge in [0.2, 0.25) is 0 Å². The lowest BCUT2D eigenvalue weighted by atomic mass is 9.78. The number of piperidine rings is 1. The third kappa shape index (κ3) is 2.51. The number of carbonyl (C=O) groups is 1. The van der Waals surface area contributed by atoms with Gasteiger partial charge in [0.1, 0.15) is 5.69 Å². The maximum Gasteiger partial charge on any atom is 0.272 e. The quantitative estimate of drug-likeness (QED) is 0.775. The molecule has 0 N–H and O–H groups in total. The van der Waals surface area contributed by atoms with E-state index in [1.54, 1.807) is 0 Å². The fraction of sp³-hybridized carbons (Fsp3) is 0.625. The number of fused-ring (bicyclic) bond motifs is 1. The summed E-state index contributed by atoms with van der Waals surface area (Å²) in [5.41, 5.74) is 1.54. The average Bonchev–Trinajstić information content (AvgIpc) is 2.46. The molecule has 1 aliphatic heterocycles. The van der Waals surface area contributed by atoms with Gasteiger partial charge in [0.15, 0.2) is 0 Å². The minimum Gasteiger partial charge on any atom is -0.334 e. The van der Waals surface area contributed by atoms with Crippen molar-refractivity contribution in [1.29, 1.82) is 0 Å². The van der Waals surface area contributed by atoms with Gasteiger partial charge in [-0.3, -0.25) is 4.79 Å². The molecule has 2 heterocycles. The Hall–Kier alpha value is -1.38. The number of amides is 1. The average molecular weight is 258 g/mol. The van der Waals surface area contributed by atoms with E-state index in [9.17, 15) is 4.79 Å². The van der Waals surface area contributed by atoms with Crippen LogP contribution in [0.25, 0.3) is 0 Å². The Labute approximate surface area is 115 Å². The molecule has 0 bridgehead atoms. The molecule has 1 amide bonds. The number of aromatic nitrogens is 1. The second kappa shape index (κ2) is 5.32. The molecule has 3 heteroatoms. The molecule has 1 saturated carbocycles. The van der Waals surface area contributed by atoms with Gasteiger partial charge in [-0.15, -0.1) is 0 Å². The summed E-state index contributed by atoms with van der Waals surface area (Å²) in [6.45, 7) is 2.85. The largest absolute Gasteiger partial charge is 0.334 e. The maximum atomic E-state index is 12.7. The highest BCUT2D eigenvalue weighted by molar-refractivity contribution is 5.92. The Bertz CT molecular complexity index is 470. The normalized spacial score (nSPS) is 26.9. The van der Waals surface area contributed by atoms with E-state index in [0.29, 0.717) is 11.7 Å². The van der Waals surface area contributed by atoms with Crippen molar-refractivity contribution in [2.24, 2.45) is 5.92 Å². The van der Waals surface area contributed by atoms with E-state index in [-0.39, 0.29) is 5.91 Å². The van der Waals surface area contributed by atoms with Crippen LogP contribution >= 0.6 is 0 Å². The molecule has 2 fully saturated rings. The number of pyridine rings is 1. The lowest BCUT2D eigenvalue weighted by Crippen LogP contribution is -2.49. The predicted octanol–water partition coefficient (Wildman–Crippen LogP) is 3.18. The Morgan fingerprint density at radius 2 is 2.00 bits per heavy atom. The number of likely N-dealkylation sites (tertiary alicyclic amines) is 1. The topological polar surface area (TPSA) is 33.2 Å². The van der Waals surface area contributed by atoms with Crippen molar-refractivity contribution in [3.63, 3.8) is 0 Å². The molecule has 3 rings (SSSR count). The zero-order valence-corrected chi connectivity index (χ0v) is 11.6. The van der Waals surface area contributed by atoms with Gasteiger partial charge in [-0.2, -0.15) is 0 Å². The summed E-state index contributed by atoms with van der Waals surface area (Å²) in [6, 6.07) is 6.19. The molecule has 2 unspecified atom stereocenters. The van der Waals surface area contributed by atoms with Crippen molar-refractivity contribution in [3.8, 4) is 0 Å². The zero-order chi connectivity index (χ0) is 13.2. The number of nitrogens with zero attached hydrogens (tertiary/aromatic N) is 2. The number of hydrogen-bond donors (Lipinski definition) is 0. The van der Waals surface area contributed by atoms with Gasteiger partial charge in [-0.05, 0) is 50.7 Å². The lowest BCUT2D eigenvalue weighted by Gasteiger charge is -2.44. The molecule has 0 radical (unpaired) electrons. The summed E-state index contributed by atoms with van der Waals surface area (Å²) in [6.07, 6.45) is 7.55. The summed E-state index contributed by atoms with van der Waals surface area (Å²) in [5, 5.41) is 0. The molecule has 0 spiro atoms. The molecular weight excluding hydrogens is 236 g/mol. The second-order valence-electron chi connectivity index (χ2n) is 5.92. The fourth-order valence-corrected chi connectivity index (χ4v) is 3.69. The molecule has 0 aromatic carbocycles. The Balaban J connectivity index is 1.82. The van der Waals surface area contributed by atoms with Crippen LogP contribution in [0.2, 0.25) is 0 Å². The molecule has 3 nitrogen and oxygen atoms in total. The van der Waals surface area contributed by atoms with Crippen molar-refractivity contribution in [2.45, 2.75) is 51.5 Å². The molecular formula is C16H22N2O. The van der Waals surface area contributed by atoms with E-state index < -0.39 is 0 Å². The number of carbonyl (C=O) groups excluding carboxylic acids is 1. The van der Waals surface area contributed by atoms with Crippen LogP contribution in [-0.4, -0.2) is 28.4 Å². The van der Waals surface area contributed by atoms with Gasteiger partial charge < -0.3 is 4.90 Å². The highest BCUT2D eigenvalue weighted by Crippen LogP contribution is 2.35. The smallest absolute Gasteiger partial charge is 0.272 e. The predicted molar refractivity (Wildman–Crippen MR) is 75.0 cm³/mol. The van der Waals surface area contributed by atoms with Gasteiger partial charge in [-0.25, -0.2) is 4.98 Å². The number of aryl methyl sites for hydroxylation is 1. The van der Waals surface area contributed by atoms with E-state index in [2.05, 4.69) is 9.88 Å². The summed E-state index contributed by atoms with van der Waals surface area (Å²) in [4.78, 5) is 19.2. The highest BCUT2D eigenvalue weighted by atomic mass is 16.2. The van der Waals surface area contributed by atoms with Gasteiger partial charge in [0.05, 0.1) is 0 Å². The first-order chi connectivity index (χ1) is 9.25. The van der Waals surface area contributed by atoms with Crippen LogP contribution in [0.15, 0.2) is 18.2 Å². The van der Waals surface area contributed by atoms with Crippen LogP contribution < -0.4 is 0 Å². The van der Waals surface area contributed by atoms with E-state index in [1.165, 1.54) is 32.1 Å². The first kappa shape index (κ1) is 12.6. The zero-order valence-electron chi connectivity index (χ0n) is 11.6. The molecule has 1 saturated heterocycles. The van der Waals surface area contributed by atoms with Crippen molar-refractivity contribution in [2.75, 3.05) is 6.54 Å². The van der Waals surface area contributed by atoms with Crippen LogP contribution in [-0.2, 0) is 0 Å². The molecule has 19 heavy (non-hydrogen) atoms. The summed E-state index contributed by atoms with van der Waals surface area (Å²) in [7, 11) is 0. The van der Waals surface area contributed by atoms with E-state index in [4.69, 9.17) is 0 Å². The van der Waals surface area contributed by atoms with Crippen molar-refractivity contribution >= 4 is 5.91 Å². The van der Waals surface area contributed by atoms with Gasteiger partial charge >= 0.3 is 0 Å². The monoisotopic (exact) mass is 258 g/mol. The SMILES string of the molecule is Cc1cccc(C(=O)N2CCCC3CCCCC32)n1. The third-order valence-electron chi connectivity index (χ3n) is 4.61. The minimum absolute atomic E-state index is 0.139. The number of hydrogen-bond acceptors (Lipinski definition) is 2. The third-order valence-corrected chi connectivity index (χ3v) is 4.61. The summed E-state index contributed by atoms with van der Waals surface area (Å²) < 4.78 is 0. The van der Waals surface area contributed by atoms with Crippen LogP contribution in [0.5, 0.6) is 0 Å². The Kier molecular flexibility index (Phi) is 3.54. The van der Waals surface area contributed by atoms with E-state index in [0.717, 1.165) is 24.6 Å². The van der Waals surface area contributed by atoms with Gasteiger partial charge in [-0.1, -0.05) is 18.9 Å². The molecule has 102 valence electrons. The van der Waals surface area contributed by atoms with Gasteiger partial charge in [0, 0.05) is 18.3 Å². The van der Waals surface area contributed by atoms with Crippen molar-refractivity contribution in [1.82, 2.24) is 9.88 Å². The molecule has 1 aliphatic carbocycles. The molecule has 1 aromatic heterocycles. The Morgan fingerprint density at radius 1 is 1.21 bits per heavy atom. The molecule has 1 aromatic rings. The Morgan fingerprint density at radius 3 is 2.84 bits per heavy atom. The fourth-order valence-electron chi connectivity index (χ4n) is 3.69. The van der Waals surface area contributed by atoms with E-state index in [1.807, 2.05) is 25.1 Å². The molecule has 2 aliphatic rings. The summed E-state index contributed by atoms with van der Waals surface area (Å²) in [5.74, 6) is 0.872. The standard InChI is InChI=1S/C16H22N2O/c1-12-6-4-9-14(17-12)16(19)18-11-5-8-13-7-2-3-10-15(13)18/h4,6,9,13,15H,2-3,5,7-8,10-11H2,1H3. The van der Waals surface area contributed by atoms with Gasteiger partial charge in [0.25, 0.3) is 5.91 Å². The first-order valence-corrected chi connectivity index (χ1v) is 7.50.